The second-order valence-electron chi connectivity index (χ2n) is 6.99. The van der Waals surface area contributed by atoms with Crippen LogP contribution in [0.2, 0.25) is 0 Å². The Morgan fingerprint density at radius 3 is 2.80 bits per heavy atom. The first kappa shape index (κ1) is 14.1. The number of piperazine rings is 1. The summed E-state index contributed by atoms with van der Waals surface area (Å²) in [6, 6.07) is 9.67. The minimum absolute atomic E-state index is 0.357. The molecule has 2 heteroatoms. The molecule has 3 rings (SSSR count). The predicted molar refractivity (Wildman–Crippen MR) is 84.8 cm³/mol. The third kappa shape index (κ3) is 2.77. The van der Waals surface area contributed by atoms with Crippen molar-refractivity contribution >= 4 is 0 Å². The number of nitrogens with zero attached hydrogens (tertiary/aromatic N) is 1. The zero-order valence-corrected chi connectivity index (χ0v) is 13.2. The lowest BCUT2D eigenvalue weighted by molar-refractivity contribution is 0.0270. The van der Waals surface area contributed by atoms with E-state index >= 15 is 0 Å². The molecule has 0 bridgehead atoms. The van der Waals surface area contributed by atoms with Gasteiger partial charge in [0.1, 0.15) is 0 Å². The molecule has 110 valence electrons. The topological polar surface area (TPSA) is 15.3 Å². The number of hydrogen-bond acceptors (Lipinski definition) is 2. The zero-order chi connectivity index (χ0) is 14.2. The maximum atomic E-state index is 3.77. The SMILES string of the molecule is CCC1CN(Cc2cccc(C)c2)C(C)(C2CC2)CN1. The molecule has 1 N–H and O–H groups in total. The molecule has 1 aromatic carbocycles. The molecule has 1 heterocycles. The van der Waals surface area contributed by atoms with Crippen LogP contribution in [-0.2, 0) is 6.54 Å². The van der Waals surface area contributed by atoms with Gasteiger partial charge in [-0.15, -0.1) is 0 Å². The molecule has 0 radical (unpaired) electrons. The van der Waals surface area contributed by atoms with E-state index in [4.69, 9.17) is 0 Å². The highest BCUT2D eigenvalue weighted by atomic mass is 15.3. The van der Waals surface area contributed by atoms with Crippen molar-refractivity contribution in [2.24, 2.45) is 5.92 Å². The summed E-state index contributed by atoms with van der Waals surface area (Å²) in [5.74, 6) is 0.901. The van der Waals surface area contributed by atoms with Crippen LogP contribution in [0.15, 0.2) is 24.3 Å². The molecule has 2 nitrogen and oxygen atoms in total. The van der Waals surface area contributed by atoms with Crippen molar-refractivity contribution in [2.75, 3.05) is 13.1 Å². The molecular formula is C18H28N2. The van der Waals surface area contributed by atoms with Crippen LogP contribution >= 0.6 is 0 Å². The minimum atomic E-state index is 0.357. The molecule has 1 saturated heterocycles. The highest BCUT2D eigenvalue weighted by molar-refractivity contribution is 5.23. The molecule has 0 amide bonds. The summed E-state index contributed by atoms with van der Waals surface area (Å²) in [4.78, 5) is 2.75. The molecule has 1 aliphatic carbocycles. The molecule has 20 heavy (non-hydrogen) atoms. The van der Waals surface area contributed by atoms with E-state index in [0.29, 0.717) is 11.6 Å². The lowest BCUT2D eigenvalue weighted by Crippen LogP contribution is -2.63. The minimum Gasteiger partial charge on any atom is -0.311 e. The normalized spacial score (nSPS) is 31.4. The van der Waals surface area contributed by atoms with Gasteiger partial charge in [0, 0.05) is 31.2 Å². The van der Waals surface area contributed by atoms with Gasteiger partial charge in [-0.1, -0.05) is 36.8 Å². The zero-order valence-electron chi connectivity index (χ0n) is 13.2. The van der Waals surface area contributed by atoms with Crippen molar-refractivity contribution in [1.82, 2.24) is 10.2 Å². The predicted octanol–water partition coefficient (Wildman–Crippen LogP) is 3.35. The van der Waals surface area contributed by atoms with E-state index in [0.717, 1.165) is 19.0 Å². The van der Waals surface area contributed by atoms with E-state index in [1.807, 2.05) is 0 Å². The highest BCUT2D eigenvalue weighted by Gasteiger charge is 2.47. The number of benzene rings is 1. The summed E-state index contributed by atoms with van der Waals surface area (Å²) >= 11 is 0. The smallest absolute Gasteiger partial charge is 0.0338 e. The van der Waals surface area contributed by atoms with Crippen LogP contribution in [0.4, 0.5) is 0 Å². The number of hydrogen-bond donors (Lipinski definition) is 1. The summed E-state index contributed by atoms with van der Waals surface area (Å²) in [7, 11) is 0. The average Bonchev–Trinajstić information content (AvgIpc) is 3.26. The second kappa shape index (κ2) is 5.50. The Hall–Kier alpha value is -0.860. The average molecular weight is 272 g/mol. The molecule has 1 saturated carbocycles. The number of nitrogens with one attached hydrogen (secondary N) is 1. The summed E-state index contributed by atoms with van der Waals surface area (Å²) in [5.41, 5.74) is 3.20. The van der Waals surface area contributed by atoms with Gasteiger partial charge < -0.3 is 5.32 Å². The van der Waals surface area contributed by atoms with Crippen molar-refractivity contribution in [3.63, 3.8) is 0 Å². The Kier molecular flexibility index (Phi) is 3.87. The fourth-order valence-corrected chi connectivity index (χ4v) is 3.66. The Morgan fingerprint density at radius 2 is 2.15 bits per heavy atom. The first-order valence-corrected chi connectivity index (χ1v) is 8.16. The van der Waals surface area contributed by atoms with Crippen molar-refractivity contribution in [2.45, 2.75) is 58.2 Å². The van der Waals surface area contributed by atoms with Crippen molar-refractivity contribution < 1.29 is 0 Å². The van der Waals surface area contributed by atoms with E-state index in [-0.39, 0.29) is 0 Å². The Morgan fingerprint density at radius 1 is 1.35 bits per heavy atom. The molecular weight excluding hydrogens is 244 g/mol. The van der Waals surface area contributed by atoms with Crippen molar-refractivity contribution in [3.8, 4) is 0 Å². The van der Waals surface area contributed by atoms with Crippen molar-refractivity contribution in [1.29, 1.82) is 0 Å². The summed E-state index contributed by atoms with van der Waals surface area (Å²) in [6.07, 6.45) is 4.06. The van der Waals surface area contributed by atoms with E-state index in [1.54, 1.807) is 0 Å². The molecule has 1 aliphatic heterocycles. The standard InChI is InChI=1S/C18H28N2/c1-4-17-12-20(11-15-7-5-6-14(2)10-15)18(3,13-19-17)16-8-9-16/h5-7,10,16-17,19H,4,8-9,11-13H2,1-3H3. The Labute approximate surface area is 123 Å². The highest BCUT2D eigenvalue weighted by Crippen LogP contribution is 2.44. The molecule has 0 aromatic heterocycles. The van der Waals surface area contributed by atoms with Crippen LogP contribution < -0.4 is 5.32 Å². The summed E-state index contributed by atoms with van der Waals surface area (Å²) < 4.78 is 0. The quantitative estimate of drug-likeness (QED) is 0.904. The number of aryl methyl sites for hydroxylation is 1. The van der Waals surface area contributed by atoms with Gasteiger partial charge in [0.25, 0.3) is 0 Å². The second-order valence-corrected chi connectivity index (χ2v) is 6.99. The fraction of sp³-hybridized carbons (Fsp3) is 0.667. The Bertz CT molecular complexity index is 466. The van der Waals surface area contributed by atoms with Crippen LogP contribution in [-0.4, -0.2) is 29.6 Å². The summed E-state index contributed by atoms with van der Waals surface area (Å²) in [5, 5.41) is 3.77. The van der Waals surface area contributed by atoms with Gasteiger partial charge in [-0.2, -0.15) is 0 Å². The first-order chi connectivity index (χ1) is 9.61. The van der Waals surface area contributed by atoms with Gasteiger partial charge >= 0.3 is 0 Å². The fourth-order valence-electron chi connectivity index (χ4n) is 3.66. The maximum absolute atomic E-state index is 3.77. The molecule has 0 spiro atoms. The van der Waals surface area contributed by atoms with Crippen LogP contribution in [0, 0.1) is 12.8 Å². The largest absolute Gasteiger partial charge is 0.311 e. The van der Waals surface area contributed by atoms with Gasteiger partial charge in [0.2, 0.25) is 0 Å². The number of rotatable bonds is 4. The van der Waals surface area contributed by atoms with Crippen LogP contribution in [0.1, 0.15) is 44.2 Å². The maximum Gasteiger partial charge on any atom is 0.0338 e. The molecule has 1 aromatic rings. The van der Waals surface area contributed by atoms with Gasteiger partial charge in [0.05, 0.1) is 0 Å². The molecule has 2 aliphatic rings. The first-order valence-electron chi connectivity index (χ1n) is 8.16. The molecule has 2 unspecified atom stereocenters. The third-order valence-electron chi connectivity index (χ3n) is 5.32. The van der Waals surface area contributed by atoms with Crippen molar-refractivity contribution in [3.05, 3.63) is 35.4 Å². The van der Waals surface area contributed by atoms with Gasteiger partial charge in [-0.05, 0) is 44.6 Å². The monoisotopic (exact) mass is 272 g/mol. The Balaban J connectivity index is 1.78. The molecule has 2 atom stereocenters. The summed E-state index contributed by atoms with van der Waals surface area (Å²) in [6.45, 7) is 10.4. The van der Waals surface area contributed by atoms with Gasteiger partial charge in [-0.3, -0.25) is 4.90 Å². The third-order valence-corrected chi connectivity index (χ3v) is 5.32. The van der Waals surface area contributed by atoms with Crippen LogP contribution in [0.5, 0.6) is 0 Å². The van der Waals surface area contributed by atoms with Crippen LogP contribution in [0.25, 0.3) is 0 Å². The van der Waals surface area contributed by atoms with Gasteiger partial charge in [0.15, 0.2) is 0 Å². The van der Waals surface area contributed by atoms with E-state index in [1.165, 1.54) is 36.9 Å². The van der Waals surface area contributed by atoms with E-state index < -0.39 is 0 Å². The molecule has 2 fully saturated rings. The van der Waals surface area contributed by atoms with Gasteiger partial charge in [-0.25, -0.2) is 0 Å². The van der Waals surface area contributed by atoms with E-state index in [2.05, 4.69) is 55.3 Å². The lowest BCUT2D eigenvalue weighted by Gasteiger charge is -2.49. The lowest BCUT2D eigenvalue weighted by atomic mass is 9.88. The van der Waals surface area contributed by atoms with E-state index in [9.17, 15) is 0 Å². The van der Waals surface area contributed by atoms with Crippen LogP contribution in [0.3, 0.4) is 0 Å².